The maximum absolute atomic E-state index is 12.6. The summed E-state index contributed by atoms with van der Waals surface area (Å²) >= 11 is 0. The van der Waals surface area contributed by atoms with Crippen LogP contribution in [0.3, 0.4) is 0 Å². The molecule has 0 rings (SSSR count). The summed E-state index contributed by atoms with van der Waals surface area (Å²) in [4.78, 5) is 37.5. The predicted molar refractivity (Wildman–Crippen MR) is 222 cm³/mol. The average Bonchev–Trinajstić information content (AvgIpc) is 3.12. The summed E-state index contributed by atoms with van der Waals surface area (Å²) in [6.45, 7) is 4.07. The molecule has 0 amide bonds. The highest BCUT2D eigenvalue weighted by Gasteiger charge is 2.21. The molecule has 54 heavy (non-hydrogen) atoms. The van der Waals surface area contributed by atoms with Crippen molar-refractivity contribution in [2.75, 3.05) is 47.5 Å². The Kier molecular flexibility index (Phi) is 35.2. The van der Waals surface area contributed by atoms with Crippen molar-refractivity contribution in [1.82, 2.24) is 0 Å². The van der Waals surface area contributed by atoms with Crippen LogP contribution in [-0.2, 0) is 32.7 Å². The molecule has 0 aromatic heterocycles. The number of ether oxygens (including phenoxy) is 2. The number of phosphoric ester groups is 1. The molecule has 0 aromatic carbocycles. The lowest BCUT2D eigenvalue weighted by Crippen LogP contribution is -2.37. The second kappa shape index (κ2) is 36.6. The molecule has 0 bridgehead atoms. The predicted octanol–water partition coefficient (Wildman–Crippen LogP) is 11.3. The van der Waals surface area contributed by atoms with Gasteiger partial charge in [-0.15, -0.1) is 0 Å². The van der Waals surface area contributed by atoms with E-state index in [4.69, 9.17) is 18.5 Å². The zero-order valence-corrected chi connectivity index (χ0v) is 36.0. The molecule has 0 heterocycles. The zero-order valence-electron chi connectivity index (χ0n) is 35.2. The minimum absolute atomic E-state index is 0.0372. The number of phosphoric acid groups is 1. The standard InChI is InChI=1S/C44H80NO8P/c1-6-8-10-12-14-16-18-20-22-24-26-28-30-32-34-36-43(46)50-40-42(41-52-54(48,49)51-39-38-45(3,4)5)53-44(47)37-35-33-31-29-27-25-23-21-19-17-15-13-11-9-7-2/h9,11,15,17,20-23,42H,6-8,10,12-14,16,18-19,24-41H2,1-5H3/b11-9+,17-15+,22-20+,23-21+/t42-/m1/s1. The lowest BCUT2D eigenvalue weighted by molar-refractivity contribution is -0.870. The lowest BCUT2D eigenvalue weighted by Gasteiger charge is -2.28. The number of carbonyl (C=O) groups excluding carboxylic acids is 2. The number of likely N-dealkylation sites (N-methyl/N-ethyl adjacent to an activating group) is 1. The highest BCUT2D eigenvalue weighted by atomic mass is 31.2. The van der Waals surface area contributed by atoms with Crippen molar-refractivity contribution < 1.29 is 42.1 Å². The highest BCUT2D eigenvalue weighted by molar-refractivity contribution is 7.45. The summed E-state index contributed by atoms with van der Waals surface area (Å²) < 4.78 is 33.8. The Morgan fingerprint density at radius 3 is 1.59 bits per heavy atom. The van der Waals surface area contributed by atoms with E-state index in [1.807, 2.05) is 21.1 Å². The van der Waals surface area contributed by atoms with Gasteiger partial charge in [0.05, 0.1) is 27.7 Å². The number of allylic oxidation sites excluding steroid dienone is 8. The smallest absolute Gasteiger partial charge is 0.306 e. The van der Waals surface area contributed by atoms with E-state index in [2.05, 4.69) is 62.5 Å². The molecule has 0 fully saturated rings. The molecule has 2 atom stereocenters. The van der Waals surface area contributed by atoms with Crippen molar-refractivity contribution in [3.8, 4) is 0 Å². The molecule has 0 radical (unpaired) electrons. The molecule has 0 aliphatic carbocycles. The van der Waals surface area contributed by atoms with Gasteiger partial charge in [-0.1, -0.05) is 133 Å². The third kappa shape index (κ3) is 39.7. The van der Waals surface area contributed by atoms with Crippen molar-refractivity contribution in [3.05, 3.63) is 48.6 Å². The monoisotopic (exact) mass is 782 g/mol. The third-order valence-corrected chi connectivity index (χ3v) is 9.80. The van der Waals surface area contributed by atoms with Crippen molar-refractivity contribution in [3.63, 3.8) is 0 Å². The fourth-order valence-electron chi connectivity index (χ4n) is 5.49. The van der Waals surface area contributed by atoms with Gasteiger partial charge in [-0.25, -0.2) is 0 Å². The molecule has 314 valence electrons. The summed E-state index contributed by atoms with van der Waals surface area (Å²) in [5.74, 6) is -0.867. The second-order valence-electron chi connectivity index (χ2n) is 15.3. The van der Waals surface area contributed by atoms with Gasteiger partial charge >= 0.3 is 11.9 Å². The van der Waals surface area contributed by atoms with Crippen LogP contribution in [-0.4, -0.2) is 70.0 Å². The number of hydrogen-bond donors (Lipinski definition) is 0. The van der Waals surface area contributed by atoms with Gasteiger partial charge in [0.2, 0.25) is 0 Å². The fourth-order valence-corrected chi connectivity index (χ4v) is 6.21. The number of carbonyl (C=O) groups is 2. The van der Waals surface area contributed by atoms with Crippen LogP contribution in [0.5, 0.6) is 0 Å². The van der Waals surface area contributed by atoms with Crippen LogP contribution in [0.2, 0.25) is 0 Å². The van der Waals surface area contributed by atoms with E-state index < -0.39 is 32.5 Å². The number of nitrogens with zero attached hydrogens (tertiary/aromatic N) is 1. The van der Waals surface area contributed by atoms with Gasteiger partial charge in [-0.05, 0) is 70.6 Å². The quantitative estimate of drug-likeness (QED) is 0.0200. The first-order valence-electron chi connectivity index (χ1n) is 21.3. The fraction of sp³-hybridized carbons (Fsp3) is 0.773. The first kappa shape index (κ1) is 52.0. The molecule has 0 spiro atoms. The largest absolute Gasteiger partial charge is 0.756 e. The molecule has 0 saturated carbocycles. The van der Waals surface area contributed by atoms with E-state index in [0.717, 1.165) is 83.5 Å². The van der Waals surface area contributed by atoms with Crippen molar-refractivity contribution in [1.29, 1.82) is 0 Å². The Morgan fingerprint density at radius 1 is 0.593 bits per heavy atom. The summed E-state index contributed by atoms with van der Waals surface area (Å²) in [5.41, 5.74) is 0. The Morgan fingerprint density at radius 2 is 1.06 bits per heavy atom. The second-order valence-corrected chi connectivity index (χ2v) is 16.7. The Hall–Kier alpha value is -2.03. The molecule has 1 unspecified atom stereocenters. The van der Waals surface area contributed by atoms with Crippen molar-refractivity contribution in [2.24, 2.45) is 0 Å². The molecule has 0 aliphatic rings. The molecule has 9 nitrogen and oxygen atoms in total. The Bertz CT molecular complexity index is 1070. The number of unbranched alkanes of at least 4 members (excludes halogenated alkanes) is 16. The van der Waals surface area contributed by atoms with Crippen LogP contribution in [0.15, 0.2) is 48.6 Å². The Labute approximate surface area is 331 Å². The van der Waals surface area contributed by atoms with E-state index in [1.54, 1.807) is 0 Å². The van der Waals surface area contributed by atoms with Gasteiger partial charge in [-0.3, -0.25) is 14.2 Å². The molecule has 0 aliphatic heterocycles. The van der Waals surface area contributed by atoms with Crippen LogP contribution >= 0.6 is 7.82 Å². The lowest BCUT2D eigenvalue weighted by atomic mass is 10.1. The highest BCUT2D eigenvalue weighted by Crippen LogP contribution is 2.38. The van der Waals surface area contributed by atoms with E-state index >= 15 is 0 Å². The number of quaternary nitrogens is 1. The molecule has 0 aromatic rings. The van der Waals surface area contributed by atoms with Gasteiger partial charge in [-0.2, -0.15) is 0 Å². The normalized spacial score (nSPS) is 14.1. The third-order valence-electron chi connectivity index (χ3n) is 8.83. The van der Waals surface area contributed by atoms with Crippen LogP contribution in [0, 0.1) is 0 Å². The van der Waals surface area contributed by atoms with Crippen LogP contribution in [0.1, 0.15) is 168 Å². The number of esters is 2. The van der Waals surface area contributed by atoms with Crippen molar-refractivity contribution in [2.45, 2.75) is 174 Å². The molecule has 0 N–H and O–H groups in total. The minimum Gasteiger partial charge on any atom is -0.756 e. The topological polar surface area (TPSA) is 111 Å². The molecule has 0 saturated heterocycles. The minimum atomic E-state index is -4.63. The van der Waals surface area contributed by atoms with E-state index in [-0.39, 0.29) is 26.1 Å². The molecular formula is C44H80NO8P. The van der Waals surface area contributed by atoms with Crippen LogP contribution in [0.25, 0.3) is 0 Å². The summed E-state index contributed by atoms with van der Waals surface area (Å²) in [6, 6.07) is 0. The van der Waals surface area contributed by atoms with Gasteiger partial charge in [0.25, 0.3) is 7.82 Å². The van der Waals surface area contributed by atoms with E-state index in [0.29, 0.717) is 23.9 Å². The molecule has 10 heteroatoms. The number of hydrogen-bond acceptors (Lipinski definition) is 8. The average molecular weight is 782 g/mol. The van der Waals surface area contributed by atoms with Gasteiger partial charge in [0, 0.05) is 12.8 Å². The number of rotatable bonds is 38. The van der Waals surface area contributed by atoms with Gasteiger partial charge in [0.15, 0.2) is 6.10 Å². The Balaban J connectivity index is 4.42. The van der Waals surface area contributed by atoms with E-state index in [9.17, 15) is 19.0 Å². The first-order valence-corrected chi connectivity index (χ1v) is 22.8. The summed E-state index contributed by atoms with van der Waals surface area (Å²) in [6.07, 6.45) is 41.3. The zero-order chi connectivity index (χ0) is 40.0. The van der Waals surface area contributed by atoms with E-state index in [1.165, 1.54) is 44.9 Å². The summed E-state index contributed by atoms with van der Waals surface area (Å²) in [7, 11) is 1.14. The first-order chi connectivity index (χ1) is 26.0. The van der Waals surface area contributed by atoms with Crippen LogP contribution in [0.4, 0.5) is 0 Å². The van der Waals surface area contributed by atoms with Crippen LogP contribution < -0.4 is 4.89 Å². The van der Waals surface area contributed by atoms with Crippen molar-refractivity contribution >= 4 is 19.8 Å². The molecular weight excluding hydrogens is 701 g/mol. The van der Waals surface area contributed by atoms with Gasteiger partial charge in [0.1, 0.15) is 19.8 Å². The maximum Gasteiger partial charge on any atom is 0.306 e. The van der Waals surface area contributed by atoms with Gasteiger partial charge < -0.3 is 27.9 Å². The SMILES string of the molecule is CC/C=C/C/C=C/C/C=C/CCCCCCCC(=O)O[C@H](COC(=O)CCCCCCC/C=C/CCCCCCCC)COP(=O)([O-])OCC[N+](C)(C)C. The maximum atomic E-state index is 12.6. The summed E-state index contributed by atoms with van der Waals surface area (Å²) in [5, 5.41) is 0.